The molecule has 0 bridgehead atoms. The average Bonchev–Trinajstić information content (AvgIpc) is 3.21. The highest BCUT2D eigenvalue weighted by Gasteiger charge is 2.37. The number of carbonyl (C=O) groups is 1. The molecule has 6 nitrogen and oxygen atoms in total. The Balaban J connectivity index is 1.56. The number of Topliss-reactive ketones (excluding diaryl/α,β-unsaturated/α-hetero) is 1. The van der Waals surface area contributed by atoms with Crippen LogP contribution in [-0.2, 0) is 4.79 Å². The molecule has 6 heteroatoms. The summed E-state index contributed by atoms with van der Waals surface area (Å²) in [4.78, 5) is 29.6. The van der Waals surface area contributed by atoms with E-state index in [9.17, 15) is 4.79 Å². The summed E-state index contributed by atoms with van der Waals surface area (Å²) in [6.45, 7) is 4.19. The molecule has 0 radical (unpaired) electrons. The highest BCUT2D eigenvalue weighted by molar-refractivity contribution is 6.45. The number of hydrogen-bond acceptors (Lipinski definition) is 6. The number of carbonyl (C=O) groups excluding carboxylic acids is 1. The minimum absolute atomic E-state index is 0.0611. The fourth-order valence-electron chi connectivity index (χ4n) is 4.42. The first-order valence-corrected chi connectivity index (χ1v) is 10.6. The Kier molecular flexibility index (Phi) is 4.66. The van der Waals surface area contributed by atoms with Gasteiger partial charge in [0.15, 0.2) is 5.78 Å². The maximum absolute atomic E-state index is 13.5. The van der Waals surface area contributed by atoms with Crippen molar-refractivity contribution in [3.05, 3.63) is 58.8 Å². The number of aliphatic imine (C=N–C) groups is 2. The molecule has 1 saturated heterocycles. The molecule has 4 aliphatic rings. The third kappa shape index (κ3) is 3.12. The fourth-order valence-corrected chi connectivity index (χ4v) is 4.42. The van der Waals surface area contributed by atoms with E-state index in [1.54, 1.807) is 0 Å². The van der Waals surface area contributed by atoms with Gasteiger partial charge in [0.2, 0.25) is 5.96 Å². The van der Waals surface area contributed by atoms with E-state index in [4.69, 9.17) is 9.98 Å². The van der Waals surface area contributed by atoms with E-state index in [0.29, 0.717) is 17.2 Å². The van der Waals surface area contributed by atoms with E-state index in [1.165, 1.54) is 5.69 Å². The van der Waals surface area contributed by atoms with Crippen LogP contribution >= 0.6 is 0 Å². The van der Waals surface area contributed by atoms with Gasteiger partial charge in [-0.05, 0) is 37.6 Å². The van der Waals surface area contributed by atoms with Crippen molar-refractivity contribution in [2.45, 2.75) is 12.8 Å². The topological polar surface area (TPSA) is 51.5 Å². The van der Waals surface area contributed by atoms with Gasteiger partial charge in [0.1, 0.15) is 11.4 Å². The second-order valence-electron chi connectivity index (χ2n) is 8.47. The lowest BCUT2D eigenvalue weighted by Gasteiger charge is -2.34. The summed E-state index contributed by atoms with van der Waals surface area (Å²) in [7, 11) is 6.02. The van der Waals surface area contributed by atoms with Crippen molar-refractivity contribution in [2.24, 2.45) is 9.98 Å². The first kappa shape index (κ1) is 19.0. The van der Waals surface area contributed by atoms with Gasteiger partial charge >= 0.3 is 0 Å². The van der Waals surface area contributed by atoms with Gasteiger partial charge in [0.25, 0.3) is 0 Å². The summed E-state index contributed by atoms with van der Waals surface area (Å²) >= 11 is 0. The molecule has 0 spiro atoms. The molecule has 0 aromatic heterocycles. The largest absolute Gasteiger partial charge is 0.369 e. The Morgan fingerprint density at radius 3 is 2.23 bits per heavy atom. The summed E-state index contributed by atoms with van der Waals surface area (Å²) < 4.78 is 0. The van der Waals surface area contributed by atoms with E-state index < -0.39 is 0 Å². The lowest BCUT2D eigenvalue weighted by molar-refractivity contribution is -0.110. The Morgan fingerprint density at radius 1 is 0.900 bits per heavy atom. The minimum atomic E-state index is 0.0611. The number of likely N-dealkylation sites (N-methyl/N-ethyl adjacent to an activating group) is 1. The third-order valence-corrected chi connectivity index (χ3v) is 6.19. The summed E-state index contributed by atoms with van der Waals surface area (Å²) in [5, 5.41) is 0. The van der Waals surface area contributed by atoms with Crippen molar-refractivity contribution in [1.82, 2.24) is 9.80 Å². The zero-order valence-corrected chi connectivity index (χ0v) is 17.9. The summed E-state index contributed by atoms with van der Waals surface area (Å²) in [5.74, 6) is 0.707. The predicted octanol–water partition coefficient (Wildman–Crippen LogP) is 2.75. The molecule has 1 aromatic carbocycles. The van der Waals surface area contributed by atoms with Gasteiger partial charge in [0, 0.05) is 57.1 Å². The molecule has 2 aliphatic carbocycles. The van der Waals surface area contributed by atoms with Gasteiger partial charge in [0.05, 0.1) is 5.57 Å². The number of ketones is 1. The molecule has 5 rings (SSSR count). The summed E-state index contributed by atoms with van der Waals surface area (Å²) in [6, 6.07) is 8.38. The molecular formula is C24H27N5O. The number of benzene rings is 1. The second kappa shape index (κ2) is 7.36. The van der Waals surface area contributed by atoms with Crippen LogP contribution < -0.4 is 4.90 Å². The normalized spacial score (nSPS) is 21.6. The monoisotopic (exact) mass is 401 g/mol. The van der Waals surface area contributed by atoms with Crippen molar-refractivity contribution >= 4 is 28.7 Å². The molecule has 30 heavy (non-hydrogen) atoms. The maximum atomic E-state index is 13.5. The number of anilines is 1. The third-order valence-electron chi connectivity index (χ3n) is 6.19. The highest BCUT2D eigenvalue weighted by Crippen LogP contribution is 2.39. The maximum Gasteiger partial charge on any atom is 0.226 e. The zero-order valence-electron chi connectivity index (χ0n) is 17.9. The Hall–Kier alpha value is -2.99. The average molecular weight is 402 g/mol. The van der Waals surface area contributed by atoms with Crippen LogP contribution in [0.1, 0.15) is 18.4 Å². The van der Waals surface area contributed by atoms with Crippen molar-refractivity contribution in [3.63, 3.8) is 0 Å². The first-order chi connectivity index (χ1) is 14.5. The summed E-state index contributed by atoms with van der Waals surface area (Å²) in [6.07, 6.45) is 6.02. The number of hydrogen-bond donors (Lipinski definition) is 0. The SMILES string of the molecule is CN1CCN(c2ccc(C3=C4N=C(N(C)C)N=C4C4=CCCC=C4C3=O)cc2)CC1. The van der Waals surface area contributed by atoms with Crippen LogP contribution in [-0.4, -0.2) is 74.6 Å². The lowest BCUT2D eigenvalue weighted by atomic mass is 9.79. The lowest BCUT2D eigenvalue weighted by Crippen LogP contribution is -2.44. The van der Waals surface area contributed by atoms with Crippen LogP contribution in [0.4, 0.5) is 5.69 Å². The van der Waals surface area contributed by atoms with Crippen molar-refractivity contribution in [2.75, 3.05) is 52.2 Å². The van der Waals surface area contributed by atoms with Crippen molar-refractivity contribution in [3.8, 4) is 0 Å². The van der Waals surface area contributed by atoms with E-state index in [1.807, 2.05) is 19.0 Å². The molecule has 2 aliphatic heterocycles. The fraction of sp³-hybridized carbons (Fsp3) is 0.375. The van der Waals surface area contributed by atoms with Gasteiger partial charge in [-0.2, -0.15) is 0 Å². The van der Waals surface area contributed by atoms with E-state index in [0.717, 1.165) is 61.4 Å². The Morgan fingerprint density at radius 2 is 1.57 bits per heavy atom. The molecule has 0 saturated carbocycles. The molecule has 0 atom stereocenters. The Bertz CT molecular complexity index is 1050. The smallest absolute Gasteiger partial charge is 0.226 e. The molecule has 1 fully saturated rings. The highest BCUT2D eigenvalue weighted by atomic mass is 16.1. The molecule has 2 heterocycles. The standard InChI is InChI=1S/C24H27N5O/c1-27(2)24-25-21-18-6-4-5-7-19(18)23(30)20(22(21)26-24)16-8-10-17(11-9-16)29-14-12-28(3)13-15-29/h6-11H,4-5,12-15H2,1-3H3. The number of nitrogens with zero attached hydrogens (tertiary/aromatic N) is 5. The number of fused-ring (bicyclic) bond motifs is 3. The predicted molar refractivity (Wildman–Crippen MR) is 122 cm³/mol. The van der Waals surface area contributed by atoms with E-state index >= 15 is 0 Å². The van der Waals surface area contributed by atoms with Gasteiger partial charge in [-0.15, -0.1) is 0 Å². The summed E-state index contributed by atoms with van der Waals surface area (Å²) in [5.41, 5.74) is 6.05. The zero-order chi connectivity index (χ0) is 20.8. The second-order valence-corrected chi connectivity index (χ2v) is 8.47. The van der Waals surface area contributed by atoms with Crippen LogP contribution in [0.5, 0.6) is 0 Å². The van der Waals surface area contributed by atoms with E-state index in [-0.39, 0.29) is 5.78 Å². The van der Waals surface area contributed by atoms with Crippen LogP contribution in [0.3, 0.4) is 0 Å². The molecular weight excluding hydrogens is 374 g/mol. The number of piperazine rings is 1. The first-order valence-electron chi connectivity index (χ1n) is 10.6. The van der Waals surface area contributed by atoms with Crippen molar-refractivity contribution < 1.29 is 4.79 Å². The molecule has 0 unspecified atom stereocenters. The number of allylic oxidation sites excluding steroid dienone is 5. The quantitative estimate of drug-likeness (QED) is 0.765. The van der Waals surface area contributed by atoms with Gasteiger partial charge in [-0.25, -0.2) is 9.98 Å². The minimum Gasteiger partial charge on any atom is -0.369 e. The van der Waals surface area contributed by atoms with Crippen LogP contribution in [0.25, 0.3) is 5.57 Å². The Labute approximate surface area is 177 Å². The van der Waals surface area contributed by atoms with Gasteiger partial charge in [-0.1, -0.05) is 24.3 Å². The van der Waals surface area contributed by atoms with E-state index in [2.05, 4.69) is 53.3 Å². The molecule has 0 amide bonds. The van der Waals surface area contributed by atoms with Crippen LogP contribution in [0, 0.1) is 0 Å². The molecule has 0 N–H and O–H groups in total. The van der Waals surface area contributed by atoms with Crippen molar-refractivity contribution in [1.29, 1.82) is 0 Å². The number of rotatable bonds is 2. The molecule has 154 valence electrons. The number of guanidine groups is 1. The van der Waals surface area contributed by atoms with Gasteiger partial charge < -0.3 is 14.7 Å². The van der Waals surface area contributed by atoms with Crippen LogP contribution in [0.15, 0.2) is 63.2 Å². The molecule has 1 aromatic rings. The van der Waals surface area contributed by atoms with Crippen LogP contribution in [0.2, 0.25) is 0 Å². The van der Waals surface area contributed by atoms with Gasteiger partial charge in [-0.3, -0.25) is 4.79 Å².